The second kappa shape index (κ2) is 5.45. The maximum absolute atomic E-state index is 11.4. The zero-order valence-corrected chi connectivity index (χ0v) is 8.06. The summed E-state index contributed by atoms with van der Waals surface area (Å²) in [4.78, 5) is 11.4. The van der Waals surface area contributed by atoms with Gasteiger partial charge in [0.05, 0.1) is 6.26 Å². The fraction of sp³-hybridized carbons (Fsp3) is 0.0909. The minimum Gasteiger partial charge on any atom is -0.465 e. The van der Waals surface area contributed by atoms with Crippen molar-refractivity contribution in [2.24, 2.45) is 0 Å². The molecule has 0 saturated heterocycles. The van der Waals surface area contributed by atoms with E-state index in [0.717, 1.165) is 0 Å². The van der Waals surface area contributed by atoms with Crippen LogP contribution in [-0.4, -0.2) is 12.5 Å². The molecule has 1 aromatic rings. The van der Waals surface area contributed by atoms with Gasteiger partial charge < -0.3 is 9.73 Å². The number of furan rings is 1. The molecule has 1 aromatic heterocycles. The molecule has 1 N–H and O–H groups in total. The van der Waals surface area contributed by atoms with Gasteiger partial charge in [-0.15, -0.1) is 6.58 Å². The van der Waals surface area contributed by atoms with E-state index < -0.39 is 5.91 Å². The first-order valence-electron chi connectivity index (χ1n) is 4.32. The molecule has 1 rings (SSSR count). The van der Waals surface area contributed by atoms with Crippen molar-refractivity contribution >= 4 is 12.0 Å². The molecule has 0 unspecified atom stereocenters. The standard InChI is InChI=1S/C11H10N2O2/c1-2-5-13-11(14)9(8-12)7-10-4-3-6-15-10/h2-4,6-7H,1,5H2,(H,13,14)/b9-7-. The van der Waals surface area contributed by atoms with Gasteiger partial charge in [-0.25, -0.2) is 0 Å². The molecular weight excluding hydrogens is 192 g/mol. The van der Waals surface area contributed by atoms with Gasteiger partial charge in [-0.2, -0.15) is 5.26 Å². The maximum Gasteiger partial charge on any atom is 0.262 e. The third kappa shape index (κ3) is 3.16. The van der Waals surface area contributed by atoms with Crippen molar-refractivity contribution in [3.05, 3.63) is 42.4 Å². The van der Waals surface area contributed by atoms with Gasteiger partial charge in [-0.05, 0) is 12.1 Å². The van der Waals surface area contributed by atoms with Crippen LogP contribution in [0.25, 0.3) is 6.08 Å². The first-order valence-corrected chi connectivity index (χ1v) is 4.32. The van der Waals surface area contributed by atoms with Crippen molar-refractivity contribution in [1.29, 1.82) is 5.26 Å². The monoisotopic (exact) mass is 202 g/mol. The average molecular weight is 202 g/mol. The number of nitrogens with zero attached hydrogens (tertiary/aromatic N) is 1. The Morgan fingerprint density at radius 1 is 1.73 bits per heavy atom. The summed E-state index contributed by atoms with van der Waals surface area (Å²) in [5, 5.41) is 11.3. The summed E-state index contributed by atoms with van der Waals surface area (Å²) in [5.41, 5.74) is 0.00630. The van der Waals surface area contributed by atoms with Gasteiger partial charge in [-0.3, -0.25) is 4.79 Å². The molecule has 0 saturated carbocycles. The number of carbonyl (C=O) groups excluding carboxylic acids is 1. The molecule has 1 heterocycles. The van der Waals surface area contributed by atoms with Crippen LogP contribution in [0.5, 0.6) is 0 Å². The molecule has 0 atom stereocenters. The Kier molecular flexibility index (Phi) is 3.92. The predicted molar refractivity (Wildman–Crippen MR) is 55.5 cm³/mol. The van der Waals surface area contributed by atoms with Crippen molar-refractivity contribution in [3.8, 4) is 6.07 Å². The molecule has 15 heavy (non-hydrogen) atoms. The fourth-order valence-corrected chi connectivity index (χ4v) is 0.924. The van der Waals surface area contributed by atoms with E-state index in [2.05, 4.69) is 11.9 Å². The van der Waals surface area contributed by atoms with Crippen molar-refractivity contribution in [2.45, 2.75) is 0 Å². The first kappa shape index (κ1) is 10.8. The van der Waals surface area contributed by atoms with E-state index in [1.165, 1.54) is 12.3 Å². The van der Waals surface area contributed by atoms with Crippen LogP contribution >= 0.6 is 0 Å². The van der Waals surface area contributed by atoms with Gasteiger partial charge in [0.15, 0.2) is 0 Å². The SMILES string of the molecule is C=CCNC(=O)/C(C#N)=C\c1ccco1. The highest BCUT2D eigenvalue weighted by molar-refractivity contribution is 6.01. The fourth-order valence-electron chi connectivity index (χ4n) is 0.924. The van der Waals surface area contributed by atoms with Crippen LogP contribution in [0.15, 0.2) is 41.0 Å². The van der Waals surface area contributed by atoms with E-state index in [-0.39, 0.29) is 5.57 Å². The highest BCUT2D eigenvalue weighted by Crippen LogP contribution is 2.06. The summed E-state index contributed by atoms with van der Waals surface area (Å²) in [6.07, 6.45) is 4.40. The van der Waals surface area contributed by atoms with Crippen LogP contribution in [0.2, 0.25) is 0 Å². The number of carbonyl (C=O) groups is 1. The van der Waals surface area contributed by atoms with Crippen LogP contribution in [0.1, 0.15) is 5.76 Å². The van der Waals surface area contributed by atoms with Gasteiger partial charge in [0, 0.05) is 12.6 Å². The average Bonchev–Trinajstić information content (AvgIpc) is 2.75. The Bertz CT molecular complexity index is 410. The van der Waals surface area contributed by atoms with Gasteiger partial charge >= 0.3 is 0 Å². The molecule has 4 heteroatoms. The minimum absolute atomic E-state index is 0.00630. The summed E-state index contributed by atoms with van der Waals surface area (Å²) in [6, 6.07) is 5.15. The maximum atomic E-state index is 11.4. The number of rotatable bonds is 4. The zero-order chi connectivity index (χ0) is 11.1. The Balaban J connectivity index is 2.76. The molecule has 0 fully saturated rings. The minimum atomic E-state index is -0.436. The molecule has 76 valence electrons. The molecule has 0 aliphatic carbocycles. The van der Waals surface area contributed by atoms with Crippen LogP contribution < -0.4 is 5.32 Å². The molecule has 4 nitrogen and oxygen atoms in total. The molecule has 0 aliphatic heterocycles. The quantitative estimate of drug-likeness (QED) is 0.457. The highest BCUT2D eigenvalue weighted by Gasteiger charge is 2.07. The summed E-state index contributed by atoms with van der Waals surface area (Å²) in [6.45, 7) is 3.79. The van der Waals surface area contributed by atoms with E-state index in [1.54, 1.807) is 24.3 Å². The molecule has 1 amide bonds. The van der Waals surface area contributed by atoms with Crippen LogP contribution in [-0.2, 0) is 4.79 Å². The number of hydrogen-bond donors (Lipinski definition) is 1. The van der Waals surface area contributed by atoms with Crippen molar-refractivity contribution < 1.29 is 9.21 Å². The number of amides is 1. The van der Waals surface area contributed by atoms with Crippen molar-refractivity contribution in [2.75, 3.05) is 6.54 Å². The van der Waals surface area contributed by atoms with Gasteiger partial charge in [0.1, 0.15) is 17.4 Å². The van der Waals surface area contributed by atoms with E-state index in [0.29, 0.717) is 12.3 Å². The van der Waals surface area contributed by atoms with Gasteiger partial charge in [-0.1, -0.05) is 6.08 Å². The normalized spacial score (nSPS) is 10.5. The van der Waals surface area contributed by atoms with Crippen LogP contribution in [0.3, 0.4) is 0 Å². The Morgan fingerprint density at radius 2 is 2.53 bits per heavy atom. The van der Waals surface area contributed by atoms with Gasteiger partial charge in [0.25, 0.3) is 5.91 Å². The Morgan fingerprint density at radius 3 is 3.07 bits per heavy atom. The summed E-state index contributed by atoms with van der Waals surface area (Å²) < 4.78 is 4.99. The van der Waals surface area contributed by atoms with E-state index in [9.17, 15) is 4.79 Å². The number of hydrogen-bond acceptors (Lipinski definition) is 3. The Labute approximate surface area is 87.5 Å². The molecular formula is C11H10N2O2. The smallest absolute Gasteiger partial charge is 0.262 e. The third-order valence-corrected chi connectivity index (χ3v) is 1.60. The second-order valence-corrected chi connectivity index (χ2v) is 2.68. The zero-order valence-electron chi connectivity index (χ0n) is 8.06. The van der Waals surface area contributed by atoms with Crippen LogP contribution in [0.4, 0.5) is 0 Å². The second-order valence-electron chi connectivity index (χ2n) is 2.68. The van der Waals surface area contributed by atoms with Crippen molar-refractivity contribution in [3.63, 3.8) is 0 Å². The predicted octanol–water partition coefficient (Wildman–Crippen LogP) is 1.49. The lowest BCUT2D eigenvalue weighted by molar-refractivity contribution is -0.116. The highest BCUT2D eigenvalue weighted by atomic mass is 16.3. The van der Waals surface area contributed by atoms with Gasteiger partial charge in [0.2, 0.25) is 0 Å². The number of nitriles is 1. The lowest BCUT2D eigenvalue weighted by atomic mass is 10.2. The van der Waals surface area contributed by atoms with E-state index in [4.69, 9.17) is 9.68 Å². The molecule has 0 radical (unpaired) electrons. The van der Waals surface area contributed by atoms with Crippen LogP contribution in [0, 0.1) is 11.3 Å². The number of nitrogens with one attached hydrogen (secondary N) is 1. The summed E-state index contributed by atoms with van der Waals surface area (Å²) >= 11 is 0. The topological polar surface area (TPSA) is 66.0 Å². The lowest BCUT2D eigenvalue weighted by Gasteiger charge is -1.98. The molecule has 0 bridgehead atoms. The summed E-state index contributed by atoms with van der Waals surface area (Å²) in [5.74, 6) is 0.0362. The third-order valence-electron chi connectivity index (χ3n) is 1.60. The summed E-state index contributed by atoms with van der Waals surface area (Å²) in [7, 11) is 0. The molecule has 0 spiro atoms. The largest absolute Gasteiger partial charge is 0.465 e. The Hall–Kier alpha value is -2.28. The lowest BCUT2D eigenvalue weighted by Crippen LogP contribution is -2.24. The molecule has 0 aromatic carbocycles. The van der Waals surface area contributed by atoms with E-state index in [1.807, 2.05) is 0 Å². The first-order chi connectivity index (χ1) is 7.27. The molecule has 0 aliphatic rings. The van der Waals surface area contributed by atoms with E-state index >= 15 is 0 Å². The van der Waals surface area contributed by atoms with Crippen molar-refractivity contribution in [1.82, 2.24) is 5.32 Å².